The molecule has 0 radical (unpaired) electrons. The van der Waals surface area contributed by atoms with Gasteiger partial charge in [-0.05, 0) is 25.7 Å². The quantitative estimate of drug-likeness (QED) is 0.652. The highest BCUT2D eigenvalue weighted by atomic mass is 16.1. The van der Waals surface area contributed by atoms with Crippen molar-refractivity contribution in [2.24, 2.45) is 17.8 Å². The second kappa shape index (κ2) is 6.13. The van der Waals surface area contributed by atoms with Crippen LogP contribution in [-0.2, 0) is 9.59 Å². The summed E-state index contributed by atoms with van der Waals surface area (Å²) >= 11 is 0. The van der Waals surface area contributed by atoms with Crippen LogP contribution >= 0.6 is 0 Å². The molecule has 0 saturated heterocycles. The van der Waals surface area contributed by atoms with Gasteiger partial charge in [0.1, 0.15) is 11.6 Å². The summed E-state index contributed by atoms with van der Waals surface area (Å²) in [4.78, 5) is 24.1. The lowest BCUT2D eigenvalue weighted by atomic mass is 9.81. The highest BCUT2D eigenvalue weighted by molar-refractivity contribution is 5.90. The zero-order valence-corrected chi connectivity index (χ0v) is 11.5. The molecule has 0 fully saturated rings. The fourth-order valence-electron chi connectivity index (χ4n) is 2.36. The van der Waals surface area contributed by atoms with Gasteiger partial charge in [-0.25, -0.2) is 0 Å². The van der Waals surface area contributed by atoms with Gasteiger partial charge in [-0.2, -0.15) is 0 Å². The van der Waals surface area contributed by atoms with Crippen molar-refractivity contribution in [3.05, 3.63) is 11.6 Å². The Bertz CT molecular complexity index is 326. The molecule has 0 aliphatic heterocycles. The maximum Gasteiger partial charge on any atom is 0.140 e. The van der Waals surface area contributed by atoms with Crippen molar-refractivity contribution < 1.29 is 9.59 Å². The normalized spacial score (nSPS) is 31.2. The van der Waals surface area contributed by atoms with Crippen LogP contribution in [0.15, 0.2) is 11.6 Å². The van der Waals surface area contributed by atoms with Gasteiger partial charge in [0.15, 0.2) is 0 Å². The molecule has 0 N–H and O–H groups in total. The molecule has 1 rings (SSSR count). The van der Waals surface area contributed by atoms with E-state index in [1.54, 1.807) is 0 Å². The van der Waals surface area contributed by atoms with Crippen molar-refractivity contribution in [1.29, 1.82) is 0 Å². The van der Waals surface area contributed by atoms with Gasteiger partial charge < -0.3 is 0 Å². The monoisotopic (exact) mass is 236 g/mol. The third-order valence-electron chi connectivity index (χ3n) is 3.73. The van der Waals surface area contributed by atoms with Gasteiger partial charge in [0.05, 0.1) is 0 Å². The molecule has 0 bridgehead atoms. The molecule has 0 aromatic rings. The Morgan fingerprint density at radius 1 is 1.24 bits per heavy atom. The molecule has 2 heteroatoms. The van der Waals surface area contributed by atoms with Crippen LogP contribution < -0.4 is 0 Å². The van der Waals surface area contributed by atoms with Crippen molar-refractivity contribution in [3.8, 4) is 0 Å². The van der Waals surface area contributed by atoms with Crippen LogP contribution in [0.5, 0.6) is 0 Å². The number of allylic oxidation sites excluding steroid dienone is 2. The SMILES string of the molecule is C/C1=C/CC[C@@H](C)C(=O)CC(C(C)C)C(=O)C1. The summed E-state index contributed by atoms with van der Waals surface area (Å²) in [6, 6.07) is 0. The fourth-order valence-corrected chi connectivity index (χ4v) is 2.36. The Labute approximate surface area is 104 Å². The molecule has 96 valence electrons. The van der Waals surface area contributed by atoms with Crippen molar-refractivity contribution in [2.45, 2.75) is 53.4 Å². The molecule has 0 aromatic heterocycles. The molecule has 2 nitrogen and oxygen atoms in total. The van der Waals surface area contributed by atoms with E-state index in [1.807, 2.05) is 27.7 Å². The molecule has 0 heterocycles. The number of carbonyl (C=O) groups excluding carboxylic acids is 2. The molecule has 1 aliphatic carbocycles. The van der Waals surface area contributed by atoms with Crippen molar-refractivity contribution in [2.75, 3.05) is 0 Å². The number of hydrogen-bond donors (Lipinski definition) is 0. The topological polar surface area (TPSA) is 34.1 Å². The molecule has 1 aliphatic rings. The van der Waals surface area contributed by atoms with Crippen LogP contribution in [0, 0.1) is 17.8 Å². The predicted molar refractivity (Wildman–Crippen MR) is 69.7 cm³/mol. The van der Waals surface area contributed by atoms with Gasteiger partial charge in [0.25, 0.3) is 0 Å². The minimum Gasteiger partial charge on any atom is -0.299 e. The number of ketones is 2. The van der Waals surface area contributed by atoms with Crippen LogP contribution in [0.4, 0.5) is 0 Å². The molecule has 0 amide bonds. The van der Waals surface area contributed by atoms with E-state index in [1.165, 1.54) is 0 Å². The average Bonchev–Trinajstić information content (AvgIpc) is 2.23. The Morgan fingerprint density at radius 3 is 2.47 bits per heavy atom. The zero-order chi connectivity index (χ0) is 13.0. The smallest absolute Gasteiger partial charge is 0.140 e. The van der Waals surface area contributed by atoms with Crippen LogP contribution in [0.2, 0.25) is 0 Å². The zero-order valence-electron chi connectivity index (χ0n) is 11.5. The maximum atomic E-state index is 12.1. The Morgan fingerprint density at radius 2 is 1.88 bits per heavy atom. The van der Waals surface area contributed by atoms with Crippen LogP contribution in [0.25, 0.3) is 0 Å². The van der Waals surface area contributed by atoms with Crippen molar-refractivity contribution >= 4 is 11.6 Å². The number of Topliss-reactive ketones (excluding diaryl/α,β-unsaturated/α-hetero) is 2. The minimum absolute atomic E-state index is 0.0891. The summed E-state index contributed by atoms with van der Waals surface area (Å²) in [6.07, 6.45) is 4.90. The van der Waals surface area contributed by atoms with Crippen LogP contribution in [-0.4, -0.2) is 11.6 Å². The van der Waals surface area contributed by atoms with Crippen LogP contribution in [0.3, 0.4) is 0 Å². The molecule has 1 unspecified atom stereocenters. The van der Waals surface area contributed by atoms with E-state index in [0.717, 1.165) is 18.4 Å². The van der Waals surface area contributed by atoms with Gasteiger partial charge >= 0.3 is 0 Å². The summed E-state index contributed by atoms with van der Waals surface area (Å²) < 4.78 is 0. The summed E-state index contributed by atoms with van der Waals surface area (Å²) in [6.45, 7) is 8.06. The lowest BCUT2D eigenvalue weighted by Crippen LogP contribution is -2.26. The molecular weight excluding hydrogens is 212 g/mol. The van der Waals surface area contributed by atoms with Gasteiger partial charge in [0.2, 0.25) is 0 Å². The number of rotatable bonds is 1. The van der Waals surface area contributed by atoms with Gasteiger partial charge in [-0.3, -0.25) is 9.59 Å². The molecular formula is C15H24O2. The van der Waals surface area contributed by atoms with Gasteiger partial charge in [-0.15, -0.1) is 0 Å². The Kier molecular flexibility index (Phi) is 5.10. The van der Waals surface area contributed by atoms with Gasteiger partial charge in [0, 0.05) is 24.7 Å². The molecule has 17 heavy (non-hydrogen) atoms. The van der Waals surface area contributed by atoms with E-state index in [9.17, 15) is 9.59 Å². The van der Waals surface area contributed by atoms with E-state index < -0.39 is 0 Å². The van der Waals surface area contributed by atoms with E-state index in [2.05, 4.69) is 6.08 Å². The second-order valence-electron chi connectivity index (χ2n) is 5.69. The summed E-state index contributed by atoms with van der Waals surface area (Å²) in [5.41, 5.74) is 1.15. The van der Waals surface area contributed by atoms with E-state index in [-0.39, 0.29) is 29.3 Å². The first-order chi connectivity index (χ1) is 7.91. The lowest BCUT2D eigenvalue weighted by molar-refractivity contribution is -0.130. The number of carbonyl (C=O) groups is 2. The van der Waals surface area contributed by atoms with Gasteiger partial charge in [-0.1, -0.05) is 32.4 Å². The third kappa shape index (κ3) is 4.10. The number of hydrogen-bond acceptors (Lipinski definition) is 2. The van der Waals surface area contributed by atoms with E-state index in [0.29, 0.717) is 12.8 Å². The molecule has 2 atom stereocenters. The summed E-state index contributed by atoms with van der Waals surface area (Å²) in [7, 11) is 0. The molecule has 0 aromatic carbocycles. The molecule has 0 spiro atoms. The fraction of sp³-hybridized carbons (Fsp3) is 0.733. The first-order valence-corrected chi connectivity index (χ1v) is 6.63. The highest BCUT2D eigenvalue weighted by Crippen LogP contribution is 2.25. The van der Waals surface area contributed by atoms with E-state index >= 15 is 0 Å². The third-order valence-corrected chi connectivity index (χ3v) is 3.73. The van der Waals surface area contributed by atoms with Crippen LogP contribution in [0.1, 0.15) is 53.4 Å². The van der Waals surface area contributed by atoms with E-state index in [4.69, 9.17) is 0 Å². The Hall–Kier alpha value is -0.920. The second-order valence-corrected chi connectivity index (χ2v) is 5.69. The molecule has 0 saturated carbocycles. The lowest BCUT2D eigenvalue weighted by Gasteiger charge is -2.22. The summed E-state index contributed by atoms with van der Waals surface area (Å²) in [5, 5.41) is 0. The first-order valence-electron chi connectivity index (χ1n) is 6.63. The standard InChI is InChI=1S/C15H24O2/c1-10(2)13-9-14(16)12(4)7-5-6-11(3)8-15(13)17/h6,10,12-13H,5,7-9H2,1-4H3/b11-6-/t12-,13?/m1/s1. The highest BCUT2D eigenvalue weighted by Gasteiger charge is 2.27. The minimum atomic E-state index is -0.0913. The van der Waals surface area contributed by atoms with Crippen molar-refractivity contribution in [1.82, 2.24) is 0 Å². The Balaban J connectivity index is 2.90. The predicted octanol–water partition coefficient (Wildman–Crippen LogP) is 3.55. The first kappa shape index (κ1) is 14.1. The largest absolute Gasteiger partial charge is 0.299 e. The average molecular weight is 236 g/mol. The maximum absolute atomic E-state index is 12.1. The van der Waals surface area contributed by atoms with Crippen molar-refractivity contribution in [3.63, 3.8) is 0 Å². The summed E-state index contributed by atoms with van der Waals surface area (Å²) in [5.74, 6) is 0.740.